The summed E-state index contributed by atoms with van der Waals surface area (Å²) in [5.74, 6) is 5.23. The molecule has 0 saturated heterocycles. The van der Waals surface area contributed by atoms with Crippen LogP contribution in [0.15, 0.2) is 4.52 Å². The highest BCUT2D eigenvalue weighted by Crippen LogP contribution is 2.61. The Hall–Kier alpha value is -1.04. The first-order chi connectivity index (χ1) is 11.5. The molecular weight excluding hydrogens is 322 g/mol. The molecule has 1 unspecified atom stereocenters. The van der Waals surface area contributed by atoms with Gasteiger partial charge in [0.15, 0.2) is 5.82 Å². The van der Waals surface area contributed by atoms with Gasteiger partial charge >= 0.3 is 0 Å². The van der Waals surface area contributed by atoms with E-state index in [0.29, 0.717) is 34.7 Å². The van der Waals surface area contributed by atoms with Crippen molar-refractivity contribution >= 4 is 17.7 Å². The fraction of sp³-hybridized carbons (Fsp3) is 0.833. The third-order valence-corrected chi connectivity index (χ3v) is 7.34. The average Bonchev–Trinajstić information content (AvgIpc) is 2.91. The van der Waals surface area contributed by atoms with Gasteiger partial charge in [-0.1, -0.05) is 5.16 Å². The minimum Gasteiger partial charge on any atom is -0.352 e. The Morgan fingerprint density at radius 2 is 1.92 bits per heavy atom. The summed E-state index contributed by atoms with van der Waals surface area (Å²) >= 11 is 1.55. The van der Waals surface area contributed by atoms with Crippen LogP contribution in [0, 0.1) is 30.1 Å². The number of carbonyl (C=O) groups is 1. The van der Waals surface area contributed by atoms with E-state index in [4.69, 9.17) is 4.52 Å². The van der Waals surface area contributed by atoms with Gasteiger partial charge in [0.05, 0.1) is 11.5 Å². The maximum atomic E-state index is 12.3. The van der Waals surface area contributed by atoms with Gasteiger partial charge in [0.2, 0.25) is 11.8 Å². The smallest absolute Gasteiger partial charge is 0.230 e. The second-order valence-electron chi connectivity index (χ2n) is 8.29. The van der Waals surface area contributed by atoms with Crippen molar-refractivity contribution in [2.75, 3.05) is 5.75 Å². The van der Waals surface area contributed by atoms with Crippen LogP contribution in [0.2, 0.25) is 0 Å². The molecule has 0 aliphatic heterocycles. The highest BCUT2D eigenvalue weighted by molar-refractivity contribution is 7.99. The first-order valence-corrected chi connectivity index (χ1v) is 10.3. The van der Waals surface area contributed by atoms with Crippen LogP contribution in [0.5, 0.6) is 0 Å². The maximum Gasteiger partial charge on any atom is 0.230 e. The Morgan fingerprint density at radius 3 is 2.46 bits per heavy atom. The maximum absolute atomic E-state index is 12.3. The van der Waals surface area contributed by atoms with Crippen molar-refractivity contribution in [3.05, 3.63) is 11.7 Å². The monoisotopic (exact) mass is 349 g/mol. The first-order valence-electron chi connectivity index (χ1n) is 9.19. The molecule has 1 aromatic rings. The van der Waals surface area contributed by atoms with E-state index >= 15 is 0 Å². The molecule has 4 aliphatic carbocycles. The molecule has 132 valence electrons. The summed E-state index contributed by atoms with van der Waals surface area (Å²) in [6.07, 6.45) is 8.32. The van der Waals surface area contributed by atoms with E-state index in [9.17, 15) is 4.79 Å². The Bertz CT molecular complexity index is 580. The number of aromatic nitrogens is 2. The molecule has 1 atom stereocenters. The van der Waals surface area contributed by atoms with Crippen LogP contribution in [-0.2, 0) is 10.5 Å². The molecule has 4 bridgehead atoms. The molecule has 1 aromatic heterocycles. The van der Waals surface area contributed by atoms with E-state index < -0.39 is 0 Å². The topological polar surface area (TPSA) is 68.0 Å². The van der Waals surface area contributed by atoms with Gasteiger partial charge in [0.1, 0.15) is 0 Å². The van der Waals surface area contributed by atoms with Gasteiger partial charge in [0, 0.05) is 13.0 Å². The molecule has 1 N–H and O–H groups in total. The molecule has 1 amide bonds. The van der Waals surface area contributed by atoms with Crippen LogP contribution in [-0.4, -0.2) is 27.8 Å². The van der Waals surface area contributed by atoms with E-state index in [1.165, 1.54) is 38.5 Å². The second kappa shape index (κ2) is 6.36. The van der Waals surface area contributed by atoms with Crippen LogP contribution < -0.4 is 5.32 Å². The summed E-state index contributed by atoms with van der Waals surface area (Å²) in [6.45, 7) is 4.01. The van der Waals surface area contributed by atoms with Crippen molar-refractivity contribution in [1.29, 1.82) is 0 Å². The molecule has 5 rings (SSSR count). The van der Waals surface area contributed by atoms with Crippen molar-refractivity contribution in [2.45, 2.75) is 64.2 Å². The summed E-state index contributed by atoms with van der Waals surface area (Å²) in [5.41, 5.74) is 0.375. The van der Waals surface area contributed by atoms with E-state index in [0.717, 1.165) is 17.8 Å². The van der Waals surface area contributed by atoms with Crippen molar-refractivity contribution in [2.24, 2.45) is 23.2 Å². The standard InChI is InChI=1S/C18H27N3O2S/c1-11(18-6-13-3-14(7-18)5-15(4-13)8-18)19-17(22)10-24-9-16-20-12(2)23-21-16/h11,13-15H,3-10H2,1-2H3,(H,19,22). The fourth-order valence-electron chi connectivity index (χ4n) is 5.78. The predicted molar refractivity (Wildman–Crippen MR) is 93.4 cm³/mol. The number of aryl methyl sites for hydroxylation is 1. The average molecular weight is 350 g/mol. The van der Waals surface area contributed by atoms with Crippen molar-refractivity contribution in [1.82, 2.24) is 15.5 Å². The van der Waals surface area contributed by atoms with Crippen molar-refractivity contribution in [3.8, 4) is 0 Å². The summed E-state index contributed by atoms with van der Waals surface area (Å²) in [7, 11) is 0. The van der Waals surface area contributed by atoms with E-state index in [1.54, 1.807) is 18.7 Å². The number of thioether (sulfide) groups is 1. The molecule has 0 spiro atoms. The zero-order valence-electron chi connectivity index (χ0n) is 14.6. The number of nitrogens with one attached hydrogen (secondary N) is 1. The Balaban J connectivity index is 1.28. The lowest BCUT2D eigenvalue weighted by molar-refractivity contribution is -0.123. The largest absolute Gasteiger partial charge is 0.352 e. The Labute approximate surface area is 147 Å². The van der Waals surface area contributed by atoms with Gasteiger partial charge < -0.3 is 9.84 Å². The lowest BCUT2D eigenvalue weighted by Crippen LogP contribution is -2.56. The van der Waals surface area contributed by atoms with Crippen molar-refractivity contribution < 1.29 is 9.32 Å². The first kappa shape index (κ1) is 16.4. The minimum absolute atomic E-state index is 0.142. The Morgan fingerprint density at radius 1 is 1.29 bits per heavy atom. The molecule has 0 aromatic carbocycles. The fourth-order valence-corrected chi connectivity index (χ4v) is 6.45. The lowest BCUT2D eigenvalue weighted by Gasteiger charge is -2.59. The molecule has 4 saturated carbocycles. The number of nitrogens with zero attached hydrogens (tertiary/aromatic N) is 2. The van der Waals surface area contributed by atoms with Gasteiger partial charge in [-0.3, -0.25) is 4.79 Å². The second-order valence-corrected chi connectivity index (χ2v) is 9.28. The van der Waals surface area contributed by atoms with Gasteiger partial charge in [-0.2, -0.15) is 4.98 Å². The summed E-state index contributed by atoms with van der Waals surface area (Å²) in [4.78, 5) is 16.5. The highest BCUT2D eigenvalue weighted by Gasteiger charge is 2.53. The van der Waals surface area contributed by atoms with Crippen LogP contribution in [0.4, 0.5) is 0 Å². The number of rotatable bonds is 6. The summed E-state index contributed by atoms with van der Waals surface area (Å²) in [6, 6.07) is 0.298. The van der Waals surface area contributed by atoms with E-state index in [2.05, 4.69) is 22.4 Å². The normalized spacial score (nSPS) is 35.2. The molecule has 24 heavy (non-hydrogen) atoms. The molecule has 1 heterocycles. The van der Waals surface area contributed by atoms with Crippen LogP contribution in [0.1, 0.15) is 57.2 Å². The molecule has 6 heteroatoms. The zero-order chi connectivity index (χ0) is 16.7. The van der Waals surface area contributed by atoms with Gasteiger partial charge in [-0.05, 0) is 68.6 Å². The minimum atomic E-state index is 0.142. The van der Waals surface area contributed by atoms with Crippen LogP contribution >= 0.6 is 11.8 Å². The van der Waals surface area contributed by atoms with E-state index in [-0.39, 0.29) is 5.91 Å². The quantitative estimate of drug-likeness (QED) is 0.853. The van der Waals surface area contributed by atoms with Gasteiger partial charge in [-0.25, -0.2) is 0 Å². The number of hydrogen-bond acceptors (Lipinski definition) is 5. The predicted octanol–water partition coefficient (Wildman–Crippen LogP) is 3.33. The van der Waals surface area contributed by atoms with Crippen molar-refractivity contribution in [3.63, 3.8) is 0 Å². The van der Waals surface area contributed by atoms with E-state index in [1.807, 2.05) is 0 Å². The molecular formula is C18H27N3O2S. The van der Waals surface area contributed by atoms with Crippen LogP contribution in [0.25, 0.3) is 0 Å². The molecule has 4 fully saturated rings. The third kappa shape index (κ3) is 3.22. The molecule has 4 aliphatic rings. The molecule has 0 radical (unpaired) electrons. The number of carbonyl (C=O) groups excluding carboxylic acids is 1. The number of amides is 1. The zero-order valence-corrected chi connectivity index (χ0v) is 15.4. The Kier molecular flexibility index (Phi) is 4.35. The van der Waals surface area contributed by atoms with Gasteiger partial charge in [0.25, 0.3) is 0 Å². The third-order valence-electron chi connectivity index (χ3n) is 6.42. The summed E-state index contributed by atoms with van der Waals surface area (Å²) in [5, 5.41) is 7.17. The number of hydrogen-bond donors (Lipinski definition) is 1. The lowest BCUT2D eigenvalue weighted by atomic mass is 9.48. The highest BCUT2D eigenvalue weighted by atomic mass is 32.2. The van der Waals surface area contributed by atoms with Crippen LogP contribution in [0.3, 0.4) is 0 Å². The SMILES string of the molecule is Cc1nc(CSCC(=O)NC(C)C23CC4CC(CC(C4)C2)C3)no1. The van der Waals surface area contributed by atoms with Gasteiger partial charge in [-0.15, -0.1) is 11.8 Å². The summed E-state index contributed by atoms with van der Waals surface area (Å²) < 4.78 is 4.95. The molecule has 5 nitrogen and oxygen atoms in total.